The lowest BCUT2D eigenvalue weighted by molar-refractivity contribution is -0.120. The van der Waals surface area contributed by atoms with Gasteiger partial charge in [-0.05, 0) is 42.4 Å². The predicted molar refractivity (Wildman–Crippen MR) is 117 cm³/mol. The second-order valence-corrected chi connectivity index (χ2v) is 7.28. The molecule has 0 aliphatic rings. The molecule has 0 aliphatic carbocycles. The van der Waals surface area contributed by atoms with Gasteiger partial charge in [-0.15, -0.1) is 0 Å². The van der Waals surface area contributed by atoms with Gasteiger partial charge in [-0.1, -0.05) is 61.8 Å². The number of benzene rings is 2. The average Bonchev–Trinajstić information content (AvgIpc) is 3.21. The number of para-hydroxylation sites is 1. The monoisotopic (exact) mass is 410 g/mol. The molecule has 1 unspecified atom stereocenters. The van der Waals surface area contributed by atoms with Crippen molar-refractivity contribution < 1.29 is 4.79 Å². The van der Waals surface area contributed by atoms with E-state index >= 15 is 0 Å². The van der Waals surface area contributed by atoms with Gasteiger partial charge in [-0.3, -0.25) is 9.69 Å². The molecule has 0 bridgehead atoms. The summed E-state index contributed by atoms with van der Waals surface area (Å²) in [6, 6.07) is 17.7. The highest BCUT2D eigenvalue weighted by Crippen LogP contribution is 2.27. The third kappa shape index (κ3) is 5.46. The van der Waals surface area contributed by atoms with Gasteiger partial charge in [-0.2, -0.15) is 5.10 Å². The summed E-state index contributed by atoms with van der Waals surface area (Å²) in [4.78, 5) is 14.9. The Bertz CT molecular complexity index is 921. The van der Waals surface area contributed by atoms with Crippen LogP contribution in [-0.4, -0.2) is 40.2 Å². The SMILES string of the molecule is CCN(CC)C(CNC(=O)Cc1cnn(-c2ccccc2)c1)c1ccccc1Cl. The molecule has 0 fully saturated rings. The molecule has 1 amide bonds. The number of hydrogen-bond donors (Lipinski definition) is 1. The molecule has 2 aromatic carbocycles. The molecule has 1 atom stereocenters. The van der Waals surface area contributed by atoms with Crippen LogP contribution in [0.3, 0.4) is 0 Å². The molecule has 0 radical (unpaired) electrons. The molecular formula is C23H27ClN4O. The first-order chi connectivity index (χ1) is 14.1. The van der Waals surface area contributed by atoms with Crippen LogP contribution in [-0.2, 0) is 11.2 Å². The smallest absolute Gasteiger partial charge is 0.224 e. The number of nitrogens with one attached hydrogen (secondary N) is 1. The fourth-order valence-corrected chi connectivity index (χ4v) is 3.74. The van der Waals surface area contributed by atoms with Gasteiger partial charge in [0.25, 0.3) is 0 Å². The molecule has 5 nitrogen and oxygen atoms in total. The van der Waals surface area contributed by atoms with Gasteiger partial charge in [0.05, 0.1) is 24.3 Å². The Morgan fingerprint density at radius 2 is 1.79 bits per heavy atom. The first kappa shape index (κ1) is 21.1. The van der Waals surface area contributed by atoms with Crippen molar-refractivity contribution in [1.82, 2.24) is 20.0 Å². The highest BCUT2D eigenvalue weighted by atomic mass is 35.5. The fraction of sp³-hybridized carbons (Fsp3) is 0.304. The van der Waals surface area contributed by atoms with Crippen molar-refractivity contribution in [2.75, 3.05) is 19.6 Å². The first-order valence-electron chi connectivity index (χ1n) is 9.96. The molecule has 1 heterocycles. The minimum Gasteiger partial charge on any atom is -0.354 e. The van der Waals surface area contributed by atoms with E-state index in [-0.39, 0.29) is 11.9 Å². The number of amides is 1. The topological polar surface area (TPSA) is 50.2 Å². The molecule has 3 rings (SSSR count). The van der Waals surface area contributed by atoms with Gasteiger partial charge in [0.1, 0.15) is 0 Å². The van der Waals surface area contributed by atoms with E-state index in [9.17, 15) is 4.79 Å². The lowest BCUT2D eigenvalue weighted by Gasteiger charge is -2.30. The summed E-state index contributed by atoms with van der Waals surface area (Å²) in [6.07, 6.45) is 3.92. The number of aromatic nitrogens is 2. The van der Waals surface area contributed by atoms with Crippen LogP contribution in [0.4, 0.5) is 0 Å². The van der Waals surface area contributed by atoms with Gasteiger partial charge < -0.3 is 5.32 Å². The van der Waals surface area contributed by atoms with Gasteiger partial charge in [-0.25, -0.2) is 4.68 Å². The molecule has 0 saturated carbocycles. The summed E-state index contributed by atoms with van der Waals surface area (Å²) in [5, 5.41) is 8.16. The van der Waals surface area contributed by atoms with Crippen molar-refractivity contribution in [3.05, 3.63) is 83.1 Å². The standard InChI is InChI=1S/C23H27ClN4O/c1-3-27(4-2)22(20-12-8-9-13-21(20)24)16-25-23(29)14-18-15-26-28(17-18)19-10-6-5-7-11-19/h5-13,15,17,22H,3-4,14,16H2,1-2H3,(H,25,29). The summed E-state index contributed by atoms with van der Waals surface area (Å²) < 4.78 is 1.78. The summed E-state index contributed by atoms with van der Waals surface area (Å²) in [6.45, 7) is 6.51. The molecule has 152 valence electrons. The summed E-state index contributed by atoms with van der Waals surface area (Å²) in [7, 11) is 0. The Morgan fingerprint density at radius 3 is 2.48 bits per heavy atom. The van der Waals surface area contributed by atoms with E-state index in [4.69, 9.17) is 11.6 Å². The number of carbonyl (C=O) groups excluding carboxylic acids is 1. The molecule has 3 aromatic rings. The van der Waals surface area contributed by atoms with Crippen molar-refractivity contribution in [3.8, 4) is 5.69 Å². The average molecular weight is 411 g/mol. The number of likely N-dealkylation sites (N-methyl/N-ethyl adjacent to an activating group) is 1. The summed E-state index contributed by atoms with van der Waals surface area (Å²) in [5.74, 6) is -0.0261. The lowest BCUT2D eigenvalue weighted by Crippen LogP contribution is -2.38. The maximum absolute atomic E-state index is 12.6. The second kappa shape index (κ2) is 10.2. The van der Waals surface area contributed by atoms with E-state index in [1.165, 1.54) is 0 Å². The molecule has 0 spiro atoms. The predicted octanol–water partition coefficient (Wildman–Crippen LogP) is 4.27. The van der Waals surface area contributed by atoms with Gasteiger partial charge in [0.2, 0.25) is 5.91 Å². The first-order valence-corrected chi connectivity index (χ1v) is 10.3. The third-order valence-corrected chi connectivity index (χ3v) is 5.38. The molecule has 6 heteroatoms. The Morgan fingerprint density at radius 1 is 1.10 bits per heavy atom. The van der Waals surface area contributed by atoms with Crippen LogP contribution in [0.1, 0.15) is 31.0 Å². The van der Waals surface area contributed by atoms with Crippen LogP contribution in [0.5, 0.6) is 0 Å². The summed E-state index contributed by atoms with van der Waals surface area (Å²) in [5.41, 5.74) is 2.89. The quantitative estimate of drug-likeness (QED) is 0.573. The summed E-state index contributed by atoms with van der Waals surface area (Å²) >= 11 is 6.43. The molecule has 0 saturated heterocycles. The zero-order chi connectivity index (χ0) is 20.6. The number of carbonyl (C=O) groups is 1. The Labute approximate surface area is 177 Å². The van der Waals surface area contributed by atoms with Crippen molar-refractivity contribution in [2.24, 2.45) is 0 Å². The lowest BCUT2D eigenvalue weighted by atomic mass is 10.0. The Balaban J connectivity index is 1.65. The van der Waals surface area contributed by atoms with Gasteiger partial charge >= 0.3 is 0 Å². The number of nitrogens with zero attached hydrogens (tertiary/aromatic N) is 3. The van der Waals surface area contributed by atoms with Crippen LogP contribution in [0.25, 0.3) is 5.69 Å². The van der Waals surface area contributed by atoms with Crippen LogP contribution in [0.2, 0.25) is 5.02 Å². The molecule has 29 heavy (non-hydrogen) atoms. The highest BCUT2D eigenvalue weighted by Gasteiger charge is 2.21. The Hall–Kier alpha value is -2.63. The normalized spacial score (nSPS) is 12.1. The largest absolute Gasteiger partial charge is 0.354 e. The highest BCUT2D eigenvalue weighted by molar-refractivity contribution is 6.31. The van der Waals surface area contributed by atoms with Gasteiger partial charge in [0.15, 0.2) is 0 Å². The number of halogens is 1. The molecular weight excluding hydrogens is 384 g/mol. The van der Waals surface area contributed by atoms with E-state index in [1.54, 1.807) is 10.9 Å². The Kier molecular flexibility index (Phi) is 7.44. The third-order valence-electron chi connectivity index (χ3n) is 5.03. The maximum Gasteiger partial charge on any atom is 0.224 e. The van der Waals surface area contributed by atoms with Crippen molar-refractivity contribution in [1.29, 1.82) is 0 Å². The van der Waals surface area contributed by atoms with Crippen LogP contribution in [0, 0.1) is 0 Å². The van der Waals surface area contributed by atoms with Crippen LogP contribution < -0.4 is 5.32 Å². The van der Waals surface area contributed by atoms with E-state index in [0.29, 0.717) is 13.0 Å². The molecule has 1 aromatic heterocycles. The fourth-order valence-electron chi connectivity index (χ4n) is 3.48. The second-order valence-electron chi connectivity index (χ2n) is 6.87. The van der Waals surface area contributed by atoms with E-state index in [1.807, 2.05) is 60.8 Å². The van der Waals surface area contributed by atoms with Crippen LogP contribution >= 0.6 is 11.6 Å². The van der Waals surface area contributed by atoms with Gasteiger partial charge in [0, 0.05) is 17.8 Å². The zero-order valence-electron chi connectivity index (χ0n) is 16.9. The number of hydrogen-bond acceptors (Lipinski definition) is 3. The molecule has 0 aliphatic heterocycles. The van der Waals surface area contributed by atoms with E-state index in [2.05, 4.69) is 29.2 Å². The van der Waals surface area contributed by atoms with Crippen molar-refractivity contribution >= 4 is 17.5 Å². The molecule has 1 N–H and O–H groups in total. The zero-order valence-corrected chi connectivity index (χ0v) is 17.6. The minimum absolute atomic E-state index is 0.0261. The maximum atomic E-state index is 12.6. The minimum atomic E-state index is -0.0261. The van der Waals surface area contributed by atoms with Crippen LogP contribution in [0.15, 0.2) is 67.0 Å². The van der Waals surface area contributed by atoms with Crippen molar-refractivity contribution in [2.45, 2.75) is 26.3 Å². The van der Waals surface area contributed by atoms with E-state index in [0.717, 1.165) is 34.9 Å². The van der Waals surface area contributed by atoms with Crippen molar-refractivity contribution in [3.63, 3.8) is 0 Å². The van der Waals surface area contributed by atoms with E-state index < -0.39 is 0 Å². The number of rotatable bonds is 9.